The smallest absolute Gasteiger partial charge is 0.259 e. The number of hydrogen-bond donors (Lipinski definition) is 1. The number of pyridine rings is 1. The van der Waals surface area contributed by atoms with E-state index in [4.69, 9.17) is 9.26 Å². The SMILES string of the molecule is COc1ccc(NC(=O)C2CCCN(c3ccc(-c4nc(C)no4)cn3)C2)c(C)c1. The maximum absolute atomic E-state index is 12.9. The van der Waals surface area contributed by atoms with E-state index in [0.717, 1.165) is 47.8 Å². The number of aryl methyl sites for hydroxylation is 2. The van der Waals surface area contributed by atoms with Crippen LogP contribution >= 0.6 is 0 Å². The molecule has 1 unspecified atom stereocenters. The number of aromatic nitrogens is 3. The lowest BCUT2D eigenvalue weighted by atomic mass is 9.96. The van der Waals surface area contributed by atoms with Crippen molar-refractivity contribution in [2.45, 2.75) is 26.7 Å². The van der Waals surface area contributed by atoms with Crippen LogP contribution in [0.2, 0.25) is 0 Å². The molecule has 0 radical (unpaired) electrons. The Kier molecular flexibility index (Phi) is 5.65. The average Bonchev–Trinajstić information content (AvgIpc) is 3.21. The van der Waals surface area contributed by atoms with Crippen LogP contribution in [0.5, 0.6) is 5.75 Å². The third kappa shape index (κ3) is 4.27. The number of nitrogens with one attached hydrogen (secondary N) is 1. The molecular weight excluding hydrogens is 382 g/mol. The summed E-state index contributed by atoms with van der Waals surface area (Å²) < 4.78 is 10.4. The average molecular weight is 407 g/mol. The molecule has 0 spiro atoms. The first-order chi connectivity index (χ1) is 14.5. The number of benzene rings is 1. The van der Waals surface area contributed by atoms with Crippen LogP contribution in [-0.2, 0) is 4.79 Å². The number of piperidine rings is 1. The van der Waals surface area contributed by atoms with Gasteiger partial charge in [-0.3, -0.25) is 4.79 Å². The van der Waals surface area contributed by atoms with E-state index in [0.29, 0.717) is 18.3 Å². The molecule has 1 N–H and O–H groups in total. The van der Waals surface area contributed by atoms with E-state index in [9.17, 15) is 4.79 Å². The van der Waals surface area contributed by atoms with Crippen LogP contribution in [0.1, 0.15) is 24.2 Å². The van der Waals surface area contributed by atoms with E-state index in [1.807, 2.05) is 37.3 Å². The molecule has 1 aliphatic rings. The largest absolute Gasteiger partial charge is 0.497 e. The van der Waals surface area contributed by atoms with E-state index in [1.54, 1.807) is 20.2 Å². The molecule has 1 saturated heterocycles. The lowest BCUT2D eigenvalue weighted by Crippen LogP contribution is -2.41. The van der Waals surface area contributed by atoms with Crippen LogP contribution in [0.4, 0.5) is 11.5 Å². The van der Waals surface area contributed by atoms with Crippen molar-refractivity contribution in [3.63, 3.8) is 0 Å². The van der Waals surface area contributed by atoms with Gasteiger partial charge in [-0.25, -0.2) is 4.98 Å². The van der Waals surface area contributed by atoms with Gasteiger partial charge in [0.1, 0.15) is 11.6 Å². The topological polar surface area (TPSA) is 93.4 Å². The predicted molar refractivity (Wildman–Crippen MR) is 114 cm³/mol. The van der Waals surface area contributed by atoms with E-state index in [-0.39, 0.29) is 11.8 Å². The zero-order chi connectivity index (χ0) is 21.1. The summed E-state index contributed by atoms with van der Waals surface area (Å²) in [5, 5.41) is 6.88. The second kappa shape index (κ2) is 8.52. The van der Waals surface area contributed by atoms with Crippen molar-refractivity contribution in [2.24, 2.45) is 5.92 Å². The first kappa shape index (κ1) is 19.9. The number of amides is 1. The highest BCUT2D eigenvalue weighted by molar-refractivity contribution is 5.93. The Morgan fingerprint density at radius 2 is 2.13 bits per heavy atom. The van der Waals surface area contributed by atoms with Gasteiger partial charge in [-0.05, 0) is 62.6 Å². The maximum atomic E-state index is 12.9. The van der Waals surface area contributed by atoms with E-state index < -0.39 is 0 Å². The Balaban J connectivity index is 1.42. The Hall–Kier alpha value is -3.42. The van der Waals surface area contributed by atoms with Crippen LogP contribution in [0.25, 0.3) is 11.5 Å². The van der Waals surface area contributed by atoms with Crippen molar-refractivity contribution in [3.8, 4) is 17.2 Å². The summed E-state index contributed by atoms with van der Waals surface area (Å²) in [4.78, 5) is 23.8. The number of carbonyl (C=O) groups excluding carboxylic acids is 1. The number of carbonyl (C=O) groups is 1. The standard InChI is InChI=1S/C22H25N5O3/c1-14-11-18(29-3)7-8-19(14)25-21(28)17-5-4-10-27(13-17)20-9-6-16(12-23-20)22-24-15(2)26-30-22/h6-9,11-12,17H,4-5,10,13H2,1-3H3,(H,25,28). The Bertz CT molecular complexity index is 1030. The van der Waals surface area contributed by atoms with Crippen molar-refractivity contribution in [1.29, 1.82) is 0 Å². The molecule has 1 aliphatic heterocycles. The summed E-state index contributed by atoms with van der Waals surface area (Å²) in [6.07, 6.45) is 3.52. The Morgan fingerprint density at radius 1 is 1.27 bits per heavy atom. The molecule has 156 valence electrons. The predicted octanol–water partition coefficient (Wildman–Crippen LogP) is 3.61. The van der Waals surface area contributed by atoms with Crippen LogP contribution in [0.15, 0.2) is 41.1 Å². The first-order valence-electron chi connectivity index (χ1n) is 10.0. The fourth-order valence-corrected chi connectivity index (χ4v) is 3.65. The van der Waals surface area contributed by atoms with Crippen molar-refractivity contribution < 1.29 is 14.1 Å². The molecule has 30 heavy (non-hydrogen) atoms. The summed E-state index contributed by atoms with van der Waals surface area (Å²) in [6.45, 7) is 5.24. The van der Waals surface area contributed by atoms with Crippen molar-refractivity contribution in [2.75, 3.05) is 30.4 Å². The van der Waals surface area contributed by atoms with Crippen LogP contribution < -0.4 is 15.0 Å². The minimum atomic E-state index is -0.0969. The first-order valence-corrected chi connectivity index (χ1v) is 10.0. The van der Waals surface area contributed by atoms with Crippen molar-refractivity contribution in [3.05, 3.63) is 47.9 Å². The fraction of sp³-hybridized carbons (Fsp3) is 0.364. The summed E-state index contributed by atoms with van der Waals surface area (Å²) >= 11 is 0. The van der Waals surface area contributed by atoms with Gasteiger partial charge in [-0.2, -0.15) is 4.98 Å². The number of methoxy groups -OCH3 is 1. The molecule has 1 atom stereocenters. The highest BCUT2D eigenvalue weighted by Gasteiger charge is 2.27. The highest BCUT2D eigenvalue weighted by atomic mass is 16.5. The molecule has 8 heteroatoms. The molecule has 0 saturated carbocycles. The zero-order valence-electron chi connectivity index (χ0n) is 17.4. The fourth-order valence-electron chi connectivity index (χ4n) is 3.65. The lowest BCUT2D eigenvalue weighted by Gasteiger charge is -2.33. The minimum Gasteiger partial charge on any atom is -0.497 e. The molecule has 8 nitrogen and oxygen atoms in total. The number of hydrogen-bond acceptors (Lipinski definition) is 7. The van der Waals surface area contributed by atoms with Crippen LogP contribution in [0, 0.1) is 19.8 Å². The number of nitrogens with zero attached hydrogens (tertiary/aromatic N) is 4. The molecule has 2 aromatic heterocycles. The summed E-state index contributed by atoms with van der Waals surface area (Å²) in [5.74, 6) is 2.60. The third-order valence-electron chi connectivity index (χ3n) is 5.33. The van der Waals surface area contributed by atoms with Gasteiger partial charge >= 0.3 is 0 Å². The van der Waals surface area contributed by atoms with Crippen LogP contribution in [-0.4, -0.2) is 41.2 Å². The molecular formula is C22H25N5O3. The van der Waals surface area contributed by atoms with E-state index >= 15 is 0 Å². The Labute approximate surface area is 175 Å². The second-order valence-electron chi connectivity index (χ2n) is 7.51. The molecule has 1 aromatic carbocycles. The number of ether oxygens (including phenoxy) is 1. The van der Waals surface area contributed by atoms with Crippen molar-refractivity contribution in [1.82, 2.24) is 15.1 Å². The normalized spacial score (nSPS) is 16.4. The second-order valence-corrected chi connectivity index (χ2v) is 7.51. The summed E-state index contributed by atoms with van der Waals surface area (Å²) in [7, 11) is 1.63. The summed E-state index contributed by atoms with van der Waals surface area (Å²) in [5.41, 5.74) is 2.57. The molecule has 0 aliphatic carbocycles. The van der Waals surface area contributed by atoms with Gasteiger partial charge in [-0.1, -0.05) is 5.16 Å². The molecule has 1 amide bonds. The summed E-state index contributed by atoms with van der Waals surface area (Å²) in [6, 6.07) is 9.50. The monoisotopic (exact) mass is 407 g/mol. The maximum Gasteiger partial charge on any atom is 0.259 e. The molecule has 3 aromatic rings. The van der Waals surface area contributed by atoms with Gasteiger partial charge < -0.3 is 19.5 Å². The lowest BCUT2D eigenvalue weighted by molar-refractivity contribution is -0.120. The van der Waals surface area contributed by atoms with E-state index in [2.05, 4.69) is 25.3 Å². The minimum absolute atomic E-state index is 0.0333. The molecule has 3 heterocycles. The van der Waals surface area contributed by atoms with Gasteiger partial charge in [0.15, 0.2) is 5.82 Å². The van der Waals surface area contributed by atoms with Gasteiger partial charge in [0.05, 0.1) is 18.6 Å². The van der Waals surface area contributed by atoms with Crippen LogP contribution in [0.3, 0.4) is 0 Å². The Morgan fingerprint density at radius 3 is 2.80 bits per heavy atom. The molecule has 4 rings (SSSR count). The van der Waals surface area contributed by atoms with Crippen molar-refractivity contribution >= 4 is 17.4 Å². The third-order valence-corrected chi connectivity index (χ3v) is 5.33. The van der Waals surface area contributed by atoms with E-state index in [1.165, 1.54) is 0 Å². The quantitative estimate of drug-likeness (QED) is 0.690. The molecule has 0 bridgehead atoms. The van der Waals surface area contributed by atoms with Gasteiger partial charge in [-0.15, -0.1) is 0 Å². The van der Waals surface area contributed by atoms with Gasteiger partial charge in [0, 0.05) is 25.0 Å². The number of anilines is 2. The highest BCUT2D eigenvalue weighted by Crippen LogP contribution is 2.26. The van der Waals surface area contributed by atoms with Gasteiger partial charge in [0.25, 0.3) is 5.89 Å². The van der Waals surface area contributed by atoms with Gasteiger partial charge in [0.2, 0.25) is 5.91 Å². The zero-order valence-corrected chi connectivity index (χ0v) is 17.4. The molecule has 1 fully saturated rings. The number of rotatable bonds is 5.